The second-order valence-electron chi connectivity index (χ2n) is 9.03. The van der Waals surface area contributed by atoms with Gasteiger partial charge in [0.05, 0.1) is 7.11 Å². The first-order valence-corrected chi connectivity index (χ1v) is 12.3. The molecule has 0 amide bonds. The number of benzene rings is 2. The summed E-state index contributed by atoms with van der Waals surface area (Å²) < 4.78 is 10.1. The van der Waals surface area contributed by atoms with E-state index in [2.05, 4.69) is 62.3 Å². The van der Waals surface area contributed by atoms with Crippen LogP contribution in [0.1, 0.15) is 31.2 Å². The Kier molecular flexibility index (Phi) is 8.61. The molecule has 4 rings (SSSR count). The van der Waals surface area contributed by atoms with Crippen molar-refractivity contribution >= 4 is 11.7 Å². The Labute approximate surface area is 197 Å². The number of ether oxygens (including phenoxy) is 2. The highest BCUT2D eigenvalue weighted by molar-refractivity contribution is 5.70. The molecule has 2 fully saturated rings. The highest BCUT2D eigenvalue weighted by Gasteiger charge is 2.30. The number of rotatable bonds is 9. The molecule has 0 spiro atoms. The third-order valence-electron chi connectivity index (χ3n) is 7.00. The molecule has 2 aromatic rings. The van der Waals surface area contributed by atoms with E-state index >= 15 is 0 Å². The summed E-state index contributed by atoms with van der Waals surface area (Å²) in [5.74, 6) is 0.323. The van der Waals surface area contributed by atoms with Gasteiger partial charge in [0.1, 0.15) is 5.75 Å². The zero-order chi connectivity index (χ0) is 22.9. The quantitative estimate of drug-likeness (QED) is 0.589. The smallest absolute Gasteiger partial charge is 0.343 e. The number of carbonyl (C=O) groups is 1. The van der Waals surface area contributed by atoms with Crippen molar-refractivity contribution in [3.8, 4) is 5.75 Å². The van der Waals surface area contributed by atoms with E-state index in [-0.39, 0.29) is 12.6 Å². The van der Waals surface area contributed by atoms with Crippen molar-refractivity contribution in [2.45, 2.75) is 44.2 Å². The maximum atomic E-state index is 11.3. The van der Waals surface area contributed by atoms with Gasteiger partial charge in [0.15, 0.2) is 6.61 Å². The fraction of sp³-hybridized carbons (Fsp3) is 0.519. The van der Waals surface area contributed by atoms with Crippen molar-refractivity contribution in [1.82, 2.24) is 10.2 Å². The molecule has 0 aliphatic carbocycles. The molecule has 0 aromatic heterocycles. The van der Waals surface area contributed by atoms with E-state index in [0.29, 0.717) is 17.8 Å². The van der Waals surface area contributed by atoms with Crippen molar-refractivity contribution in [3.05, 3.63) is 60.2 Å². The van der Waals surface area contributed by atoms with Crippen LogP contribution in [0.3, 0.4) is 0 Å². The lowest BCUT2D eigenvalue weighted by atomic mass is 9.96. The number of hydrogen-bond donors (Lipinski definition) is 1. The third kappa shape index (κ3) is 6.71. The van der Waals surface area contributed by atoms with E-state index in [9.17, 15) is 4.79 Å². The average Bonchev–Trinajstić information content (AvgIpc) is 2.89. The fourth-order valence-corrected chi connectivity index (χ4v) is 5.11. The lowest BCUT2D eigenvalue weighted by molar-refractivity contribution is -0.142. The second-order valence-corrected chi connectivity index (χ2v) is 9.03. The topological polar surface area (TPSA) is 54.0 Å². The standard InChI is InChI=1S/C27H37N3O3/c1-32-27(31)21-33-26-9-7-23(8-10-26)29-18-14-25(15-19-29)30(24-11-16-28-17-12-24)20-13-22-5-3-2-4-6-22/h2-10,24-25,28H,11-21H2,1H3. The summed E-state index contributed by atoms with van der Waals surface area (Å²) in [4.78, 5) is 16.6. The molecule has 2 aliphatic rings. The molecule has 2 heterocycles. The molecule has 6 nitrogen and oxygen atoms in total. The highest BCUT2D eigenvalue weighted by Crippen LogP contribution is 2.27. The molecular weight excluding hydrogens is 414 g/mol. The lowest BCUT2D eigenvalue weighted by Crippen LogP contribution is -2.52. The van der Waals surface area contributed by atoms with E-state index in [1.165, 1.54) is 44.0 Å². The van der Waals surface area contributed by atoms with Crippen LogP contribution < -0.4 is 15.0 Å². The molecular formula is C27H37N3O3. The number of methoxy groups -OCH3 is 1. The molecule has 0 unspecified atom stereocenters. The molecule has 0 saturated carbocycles. The molecule has 2 aliphatic heterocycles. The van der Waals surface area contributed by atoms with Crippen molar-refractivity contribution < 1.29 is 14.3 Å². The number of piperidine rings is 2. The molecule has 1 N–H and O–H groups in total. The monoisotopic (exact) mass is 451 g/mol. The van der Waals surface area contributed by atoms with Crippen LogP contribution in [0.4, 0.5) is 5.69 Å². The highest BCUT2D eigenvalue weighted by atomic mass is 16.6. The van der Waals surface area contributed by atoms with Gasteiger partial charge in [0.25, 0.3) is 0 Å². The molecule has 0 bridgehead atoms. The predicted octanol–water partition coefficient (Wildman–Crippen LogP) is 3.50. The number of anilines is 1. The summed E-state index contributed by atoms with van der Waals surface area (Å²) in [6, 6.07) is 20.3. The summed E-state index contributed by atoms with van der Waals surface area (Å²) in [6.45, 7) is 5.49. The Morgan fingerprint density at radius 1 is 0.970 bits per heavy atom. The maximum absolute atomic E-state index is 11.3. The summed E-state index contributed by atoms with van der Waals surface area (Å²) in [5.41, 5.74) is 2.65. The van der Waals surface area contributed by atoms with E-state index in [4.69, 9.17) is 4.74 Å². The summed E-state index contributed by atoms with van der Waals surface area (Å²) in [5, 5.41) is 3.53. The first kappa shape index (κ1) is 23.6. The van der Waals surface area contributed by atoms with Crippen LogP contribution in [-0.2, 0) is 16.0 Å². The molecule has 0 atom stereocenters. The van der Waals surface area contributed by atoms with Gasteiger partial charge in [0, 0.05) is 37.4 Å². The third-order valence-corrected chi connectivity index (χ3v) is 7.00. The minimum absolute atomic E-state index is 0.0588. The first-order valence-electron chi connectivity index (χ1n) is 12.3. The van der Waals surface area contributed by atoms with Crippen molar-refractivity contribution in [2.24, 2.45) is 0 Å². The van der Waals surface area contributed by atoms with Crippen LogP contribution in [0.5, 0.6) is 5.75 Å². The van der Waals surface area contributed by atoms with Gasteiger partial charge in [-0.3, -0.25) is 4.90 Å². The van der Waals surface area contributed by atoms with Gasteiger partial charge in [-0.1, -0.05) is 30.3 Å². The predicted molar refractivity (Wildman–Crippen MR) is 132 cm³/mol. The van der Waals surface area contributed by atoms with Crippen LogP contribution in [0.15, 0.2) is 54.6 Å². The Morgan fingerprint density at radius 3 is 2.30 bits per heavy atom. The van der Waals surface area contributed by atoms with Crippen molar-refractivity contribution in [1.29, 1.82) is 0 Å². The van der Waals surface area contributed by atoms with Crippen LogP contribution in [0, 0.1) is 0 Å². The van der Waals surface area contributed by atoms with Crippen molar-refractivity contribution in [2.75, 3.05) is 51.3 Å². The molecule has 2 saturated heterocycles. The molecule has 2 aromatic carbocycles. The number of hydrogen-bond acceptors (Lipinski definition) is 6. The summed E-state index contributed by atoms with van der Waals surface area (Å²) in [6.07, 6.45) is 6.01. The van der Waals surface area contributed by atoms with Gasteiger partial charge < -0.3 is 19.7 Å². The zero-order valence-corrected chi connectivity index (χ0v) is 19.7. The van der Waals surface area contributed by atoms with Gasteiger partial charge in [-0.15, -0.1) is 0 Å². The molecule has 33 heavy (non-hydrogen) atoms. The Morgan fingerprint density at radius 2 is 1.64 bits per heavy atom. The maximum Gasteiger partial charge on any atom is 0.343 e. The zero-order valence-electron chi connectivity index (χ0n) is 19.7. The van der Waals surface area contributed by atoms with Crippen LogP contribution >= 0.6 is 0 Å². The number of esters is 1. The number of nitrogens with zero attached hydrogens (tertiary/aromatic N) is 2. The molecule has 6 heteroatoms. The minimum atomic E-state index is -0.369. The first-order chi connectivity index (χ1) is 16.2. The minimum Gasteiger partial charge on any atom is -0.482 e. The van der Waals surface area contributed by atoms with Gasteiger partial charge in [0.2, 0.25) is 0 Å². The fourth-order valence-electron chi connectivity index (χ4n) is 5.11. The van der Waals surface area contributed by atoms with Crippen LogP contribution in [0.25, 0.3) is 0 Å². The SMILES string of the molecule is COC(=O)COc1ccc(N2CCC(N(CCc3ccccc3)C3CCNCC3)CC2)cc1. The Bertz CT molecular complexity index is 845. The second kappa shape index (κ2) is 12.1. The van der Waals surface area contributed by atoms with E-state index in [1.54, 1.807) is 0 Å². The Hall–Kier alpha value is -2.57. The summed E-state index contributed by atoms with van der Waals surface area (Å²) in [7, 11) is 1.37. The average molecular weight is 452 g/mol. The number of carbonyl (C=O) groups excluding carboxylic acids is 1. The summed E-state index contributed by atoms with van der Waals surface area (Å²) >= 11 is 0. The largest absolute Gasteiger partial charge is 0.482 e. The van der Waals surface area contributed by atoms with Gasteiger partial charge in [-0.2, -0.15) is 0 Å². The van der Waals surface area contributed by atoms with Crippen LogP contribution in [-0.4, -0.2) is 69.4 Å². The van der Waals surface area contributed by atoms with Crippen LogP contribution in [0.2, 0.25) is 0 Å². The van der Waals surface area contributed by atoms with Gasteiger partial charge in [-0.05, 0) is 75.0 Å². The lowest BCUT2D eigenvalue weighted by Gasteiger charge is -2.44. The van der Waals surface area contributed by atoms with Crippen molar-refractivity contribution in [3.63, 3.8) is 0 Å². The van der Waals surface area contributed by atoms with Gasteiger partial charge >= 0.3 is 5.97 Å². The molecule has 0 radical (unpaired) electrons. The number of nitrogens with one attached hydrogen (secondary N) is 1. The van der Waals surface area contributed by atoms with E-state index < -0.39 is 0 Å². The van der Waals surface area contributed by atoms with E-state index in [1.807, 2.05) is 12.1 Å². The normalized spacial score (nSPS) is 17.8. The van der Waals surface area contributed by atoms with E-state index in [0.717, 1.165) is 39.1 Å². The van der Waals surface area contributed by atoms with Gasteiger partial charge in [-0.25, -0.2) is 4.79 Å². The Balaban J connectivity index is 1.33. The molecule has 178 valence electrons.